The van der Waals surface area contributed by atoms with E-state index in [1.807, 2.05) is 36.4 Å². The Morgan fingerprint density at radius 1 is 1.00 bits per heavy atom. The second kappa shape index (κ2) is 8.62. The van der Waals surface area contributed by atoms with Gasteiger partial charge in [0, 0.05) is 31.2 Å². The molecule has 1 unspecified atom stereocenters. The van der Waals surface area contributed by atoms with Crippen molar-refractivity contribution < 1.29 is 9.53 Å². The number of hydrogen-bond acceptors (Lipinski definition) is 3. The van der Waals surface area contributed by atoms with E-state index < -0.39 is 0 Å². The number of nitrogens with one attached hydrogen (secondary N) is 1. The fraction of sp³-hybridized carbons (Fsp3) is 0.350. The van der Waals surface area contributed by atoms with Crippen LogP contribution in [0.3, 0.4) is 0 Å². The number of benzene rings is 2. The standard InChI is InChI=1S/C20H24N2O2/c23-20(18-9-5-2-6-10-18)21-16-19(22-11-13-24-14-12-22)15-17-7-3-1-4-8-17/h1-10,19H,11-16H2,(H,21,23). The van der Waals surface area contributed by atoms with Crippen LogP contribution in [0.2, 0.25) is 0 Å². The van der Waals surface area contributed by atoms with Gasteiger partial charge in [-0.05, 0) is 24.1 Å². The van der Waals surface area contributed by atoms with Gasteiger partial charge in [-0.25, -0.2) is 0 Å². The summed E-state index contributed by atoms with van der Waals surface area (Å²) in [6.07, 6.45) is 0.926. The van der Waals surface area contributed by atoms with Crippen LogP contribution in [0.15, 0.2) is 60.7 Å². The minimum Gasteiger partial charge on any atom is -0.379 e. The predicted octanol–water partition coefficient (Wildman–Crippen LogP) is 2.36. The first-order chi connectivity index (χ1) is 11.8. The third-order valence-electron chi connectivity index (χ3n) is 4.41. The number of rotatable bonds is 6. The van der Waals surface area contributed by atoms with E-state index in [1.54, 1.807) is 0 Å². The first kappa shape index (κ1) is 16.7. The molecule has 1 fully saturated rings. The minimum atomic E-state index is -0.0121. The molecule has 0 saturated carbocycles. The molecule has 24 heavy (non-hydrogen) atoms. The highest BCUT2D eigenvalue weighted by molar-refractivity contribution is 5.94. The summed E-state index contributed by atoms with van der Waals surface area (Å²) in [6.45, 7) is 4.00. The smallest absolute Gasteiger partial charge is 0.251 e. The number of carbonyl (C=O) groups is 1. The molecule has 1 N–H and O–H groups in total. The number of morpholine rings is 1. The van der Waals surface area contributed by atoms with Gasteiger partial charge in [-0.3, -0.25) is 9.69 Å². The van der Waals surface area contributed by atoms with Gasteiger partial charge in [-0.2, -0.15) is 0 Å². The van der Waals surface area contributed by atoms with Crippen LogP contribution in [-0.4, -0.2) is 49.7 Å². The molecule has 1 aliphatic rings. The molecule has 0 spiro atoms. The van der Waals surface area contributed by atoms with E-state index in [0.29, 0.717) is 12.1 Å². The van der Waals surface area contributed by atoms with Crippen LogP contribution in [0, 0.1) is 0 Å². The molecule has 1 heterocycles. The molecule has 2 aromatic carbocycles. The zero-order valence-corrected chi connectivity index (χ0v) is 13.9. The maximum Gasteiger partial charge on any atom is 0.251 e. The molecule has 2 aromatic rings. The highest BCUT2D eigenvalue weighted by atomic mass is 16.5. The van der Waals surface area contributed by atoms with E-state index in [2.05, 4.69) is 34.5 Å². The molecule has 4 nitrogen and oxygen atoms in total. The van der Waals surface area contributed by atoms with Gasteiger partial charge in [0.05, 0.1) is 13.2 Å². The molecular weight excluding hydrogens is 300 g/mol. The molecule has 1 aliphatic heterocycles. The highest BCUT2D eigenvalue weighted by Crippen LogP contribution is 2.11. The lowest BCUT2D eigenvalue weighted by molar-refractivity contribution is 0.0167. The van der Waals surface area contributed by atoms with E-state index in [1.165, 1.54) is 5.56 Å². The van der Waals surface area contributed by atoms with Crippen LogP contribution in [0.4, 0.5) is 0 Å². The Kier molecular flexibility index (Phi) is 5.99. The number of carbonyl (C=O) groups excluding carboxylic acids is 1. The lowest BCUT2D eigenvalue weighted by Crippen LogP contribution is -2.49. The Morgan fingerprint density at radius 3 is 2.29 bits per heavy atom. The van der Waals surface area contributed by atoms with Gasteiger partial charge in [-0.1, -0.05) is 48.5 Å². The molecule has 4 heteroatoms. The molecule has 1 saturated heterocycles. The topological polar surface area (TPSA) is 41.6 Å². The second-order valence-corrected chi connectivity index (χ2v) is 6.07. The van der Waals surface area contributed by atoms with Crippen molar-refractivity contribution in [1.29, 1.82) is 0 Å². The van der Waals surface area contributed by atoms with E-state index in [-0.39, 0.29) is 11.9 Å². The van der Waals surface area contributed by atoms with Gasteiger partial charge in [0.25, 0.3) is 5.91 Å². The van der Waals surface area contributed by atoms with Gasteiger partial charge in [0.2, 0.25) is 0 Å². The summed E-state index contributed by atoms with van der Waals surface area (Å²) in [5.41, 5.74) is 2.00. The van der Waals surface area contributed by atoms with Crippen LogP contribution in [0.5, 0.6) is 0 Å². The number of amides is 1. The second-order valence-electron chi connectivity index (χ2n) is 6.07. The summed E-state index contributed by atoms with van der Waals surface area (Å²) < 4.78 is 5.47. The van der Waals surface area contributed by atoms with E-state index in [4.69, 9.17) is 4.74 Å². The van der Waals surface area contributed by atoms with Crippen LogP contribution < -0.4 is 5.32 Å². The van der Waals surface area contributed by atoms with Crippen molar-refractivity contribution in [2.45, 2.75) is 12.5 Å². The summed E-state index contributed by atoms with van der Waals surface area (Å²) in [5.74, 6) is -0.0121. The molecule has 126 valence electrons. The summed E-state index contributed by atoms with van der Waals surface area (Å²) in [4.78, 5) is 14.7. The normalized spacial score (nSPS) is 16.5. The van der Waals surface area contributed by atoms with Crippen molar-refractivity contribution in [1.82, 2.24) is 10.2 Å². The quantitative estimate of drug-likeness (QED) is 0.887. The van der Waals surface area contributed by atoms with Crippen molar-refractivity contribution in [3.05, 3.63) is 71.8 Å². The lowest BCUT2D eigenvalue weighted by atomic mass is 10.0. The molecule has 0 aromatic heterocycles. The molecule has 3 rings (SSSR count). The van der Waals surface area contributed by atoms with E-state index in [9.17, 15) is 4.79 Å². The first-order valence-corrected chi connectivity index (χ1v) is 8.52. The van der Waals surface area contributed by atoms with Crippen LogP contribution >= 0.6 is 0 Å². The third-order valence-corrected chi connectivity index (χ3v) is 4.41. The fourth-order valence-corrected chi connectivity index (χ4v) is 3.06. The average molecular weight is 324 g/mol. The molecule has 1 amide bonds. The van der Waals surface area contributed by atoms with Crippen molar-refractivity contribution in [3.63, 3.8) is 0 Å². The average Bonchev–Trinajstić information content (AvgIpc) is 2.67. The van der Waals surface area contributed by atoms with E-state index >= 15 is 0 Å². The van der Waals surface area contributed by atoms with Gasteiger partial charge >= 0.3 is 0 Å². The van der Waals surface area contributed by atoms with Crippen molar-refractivity contribution in [3.8, 4) is 0 Å². The SMILES string of the molecule is O=C(NCC(Cc1ccccc1)N1CCOCC1)c1ccccc1. The zero-order valence-electron chi connectivity index (χ0n) is 13.9. The fourth-order valence-electron chi connectivity index (χ4n) is 3.06. The van der Waals surface area contributed by atoms with E-state index in [0.717, 1.165) is 32.7 Å². The molecule has 0 aliphatic carbocycles. The number of hydrogen-bond donors (Lipinski definition) is 1. The Morgan fingerprint density at radius 2 is 1.62 bits per heavy atom. The highest BCUT2D eigenvalue weighted by Gasteiger charge is 2.22. The maximum absolute atomic E-state index is 12.3. The molecule has 0 radical (unpaired) electrons. The van der Waals surface area contributed by atoms with Gasteiger partial charge in [0.1, 0.15) is 0 Å². The van der Waals surface area contributed by atoms with Crippen molar-refractivity contribution in [2.24, 2.45) is 0 Å². The number of ether oxygens (including phenoxy) is 1. The summed E-state index contributed by atoms with van der Waals surface area (Å²) >= 11 is 0. The molecule has 1 atom stereocenters. The summed E-state index contributed by atoms with van der Waals surface area (Å²) in [5, 5.41) is 3.10. The predicted molar refractivity (Wildman–Crippen MR) is 95.1 cm³/mol. The molecule has 0 bridgehead atoms. The van der Waals surface area contributed by atoms with Crippen LogP contribution in [0.25, 0.3) is 0 Å². The minimum absolute atomic E-state index is 0.0121. The monoisotopic (exact) mass is 324 g/mol. The third kappa shape index (κ3) is 4.66. The van der Waals surface area contributed by atoms with Crippen LogP contribution in [0.1, 0.15) is 15.9 Å². The zero-order chi connectivity index (χ0) is 16.6. The van der Waals surface area contributed by atoms with Crippen molar-refractivity contribution >= 4 is 5.91 Å². The Hall–Kier alpha value is -2.17. The van der Waals surface area contributed by atoms with Crippen molar-refractivity contribution in [2.75, 3.05) is 32.8 Å². The van der Waals surface area contributed by atoms with Gasteiger partial charge in [-0.15, -0.1) is 0 Å². The summed E-state index contributed by atoms with van der Waals surface area (Å²) in [6, 6.07) is 20.1. The Labute approximate surface area is 143 Å². The Bertz CT molecular complexity index is 625. The largest absolute Gasteiger partial charge is 0.379 e. The number of nitrogens with zero attached hydrogens (tertiary/aromatic N) is 1. The maximum atomic E-state index is 12.3. The van der Waals surface area contributed by atoms with Crippen LogP contribution in [-0.2, 0) is 11.2 Å². The lowest BCUT2D eigenvalue weighted by Gasteiger charge is -2.34. The molecular formula is C20H24N2O2. The van der Waals surface area contributed by atoms with Gasteiger partial charge in [0.15, 0.2) is 0 Å². The summed E-state index contributed by atoms with van der Waals surface area (Å²) in [7, 11) is 0. The Balaban J connectivity index is 1.64. The first-order valence-electron chi connectivity index (χ1n) is 8.52. The van der Waals surface area contributed by atoms with Gasteiger partial charge < -0.3 is 10.1 Å².